The van der Waals surface area contributed by atoms with Crippen LogP contribution in [-0.2, 0) is 11.2 Å². The summed E-state index contributed by atoms with van der Waals surface area (Å²) in [4.78, 5) is 16.4. The summed E-state index contributed by atoms with van der Waals surface area (Å²) >= 11 is 3.18. The lowest BCUT2D eigenvalue weighted by molar-refractivity contribution is -0.121. The Morgan fingerprint density at radius 3 is 2.85 bits per heavy atom. The zero-order chi connectivity index (χ0) is 14.5. The van der Waals surface area contributed by atoms with Crippen LogP contribution in [0.1, 0.15) is 19.5 Å². The monoisotopic (exact) mass is 310 g/mol. The lowest BCUT2D eigenvalue weighted by atomic mass is 10.1. The van der Waals surface area contributed by atoms with Gasteiger partial charge in [0.2, 0.25) is 5.91 Å². The zero-order valence-corrected chi connectivity index (χ0v) is 13.1. The molecular formula is C14H18N2O2S2. The average Bonchev–Trinajstić information content (AvgIpc) is 3.05. The molecule has 6 heteroatoms. The second-order valence-corrected chi connectivity index (χ2v) is 6.57. The van der Waals surface area contributed by atoms with Crippen molar-refractivity contribution in [3.63, 3.8) is 0 Å². The van der Waals surface area contributed by atoms with Gasteiger partial charge < -0.3 is 10.4 Å². The molecule has 2 heterocycles. The summed E-state index contributed by atoms with van der Waals surface area (Å²) in [6, 6.07) is 1.82. The van der Waals surface area contributed by atoms with E-state index >= 15 is 0 Å². The minimum atomic E-state index is -0.197. The summed E-state index contributed by atoms with van der Waals surface area (Å²) in [6.07, 6.45) is 0.254. The molecule has 0 unspecified atom stereocenters. The molecular weight excluding hydrogens is 292 g/mol. The van der Waals surface area contributed by atoms with Crippen molar-refractivity contribution in [2.24, 2.45) is 5.92 Å². The van der Waals surface area contributed by atoms with E-state index < -0.39 is 0 Å². The van der Waals surface area contributed by atoms with E-state index in [-0.39, 0.29) is 30.9 Å². The topological polar surface area (TPSA) is 62.2 Å². The lowest BCUT2D eigenvalue weighted by Crippen LogP contribution is -2.41. The molecule has 2 aromatic rings. The maximum atomic E-state index is 11.9. The molecule has 1 amide bonds. The van der Waals surface area contributed by atoms with E-state index in [1.807, 2.05) is 36.1 Å². The maximum absolute atomic E-state index is 11.9. The molecule has 0 radical (unpaired) electrons. The van der Waals surface area contributed by atoms with Gasteiger partial charge in [-0.2, -0.15) is 11.3 Å². The fourth-order valence-corrected chi connectivity index (χ4v) is 3.28. The smallest absolute Gasteiger partial charge is 0.226 e. The van der Waals surface area contributed by atoms with Gasteiger partial charge >= 0.3 is 0 Å². The Morgan fingerprint density at radius 2 is 2.25 bits per heavy atom. The number of carbonyl (C=O) groups is 1. The van der Waals surface area contributed by atoms with Crippen LogP contribution in [0, 0.1) is 5.92 Å². The molecule has 2 N–H and O–H groups in total. The van der Waals surface area contributed by atoms with E-state index in [4.69, 9.17) is 0 Å². The summed E-state index contributed by atoms with van der Waals surface area (Å²) in [5.41, 5.74) is 1.87. The Labute approximate surface area is 126 Å². The number of nitrogens with zero attached hydrogens (tertiary/aromatic N) is 1. The fourth-order valence-electron chi connectivity index (χ4n) is 1.75. The van der Waals surface area contributed by atoms with Crippen LogP contribution >= 0.6 is 22.7 Å². The van der Waals surface area contributed by atoms with Crippen molar-refractivity contribution >= 4 is 28.6 Å². The first-order valence-electron chi connectivity index (χ1n) is 6.47. The molecule has 0 spiro atoms. The van der Waals surface area contributed by atoms with Crippen molar-refractivity contribution in [1.29, 1.82) is 0 Å². The van der Waals surface area contributed by atoms with E-state index in [9.17, 15) is 9.90 Å². The molecule has 0 fully saturated rings. The largest absolute Gasteiger partial charge is 0.394 e. The number of thiazole rings is 1. The van der Waals surface area contributed by atoms with Crippen molar-refractivity contribution in [3.8, 4) is 10.6 Å². The molecule has 0 aromatic carbocycles. The second-order valence-electron chi connectivity index (χ2n) is 4.93. The third kappa shape index (κ3) is 3.88. The first-order chi connectivity index (χ1) is 9.60. The Hall–Kier alpha value is -1.24. The molecule has 20 heavy (non-hydrogen) atoms. The standard InChI is InChI=1S/C14H18N2O2S2/c1-9(2)12(6-17)16-13(18)5-11-8-20-14(15-11)10-3-4-19-7-10/h3-4,7-9,12,17H,5-6H2,1-2H3,(H,16,18)/t12-/m1/s1. The van der Waals surface area contributed by atoms with E-state index in [1.54, 1.807) is 22.7 Å². The van der Waals surface area contributed by atoms with E-state index in [1.165, 1.54) is 0 Å². The summed E-state index contributed by atoms with van der Waals surface area (Å²) in [5, 5.41) is 19.0. The van der Waals surface area contributed by atoms with Gasteiger partial charge in [0.05, 0.1) is 24.8 Å². The first-order valence-corrected chi connectivity index (χ1v) is 8.29. The number of amides is 1. The Morgan fingerprint density at radius 1 is 1.45 bits per heavy atom. The number of aliphatic hydroxyl groups is 1. The summed E-state index contributed by atoms with van der Waals surface area (Å²) in [5.74, 6) is 0.112. The van der Waals surface area contributed by atoms with Gasteiger partial charge in [0, 0.05) is 16.3 Å². The van der Waals surface area contributed by atoms with Crippen molar-refractivity contribution in [3.05, 3.63) is 27.9 Å². The molecule has 0 bridgehead atoms. The molecule has 2 rings (SSSR count). The van der Waals surface area contributed by atoms with Crippen molar-refractivity contribution in [2.75, 3.05) is 6.61 Å². The Kier molecular flexibility index (Phi) is 5.28. The highest BCUT2D eigenvalue weighted by Crippen LogP contribution is 2.25. The van der Waals surface area contributed by atoms with Gasteiger partial charge in [-0.15, -0.1) is 11.3 Å². The van der Waals surface area contributed by atoms with Gasteiger partial charge in [-0.05, 0) is 17.4 Å². The van der Waals surface area contributed by atoms with Gasteiger partial charge in [0.1, 0.15) is 5.01 Å². The number of rotatable bonds is 6. The number of hydrogen-bond donors (Lipinski definition) is 2. The SMILES string of the molecule is CC(C)[C@@H](CO)NC(=O)Cc1csc(-c2ccsc2)n1. The molecule has 0 saturated carbocycles. The minimum Gasteiger partial charge on any atom is -0.394 e. The van der Waals surface area contributed by atoms with Gasteiger partial charge in [0.25, 0.3) is 0 Å². The van der Waals surface area contributed by atoms with Gasteiger partial charge in [-0.25, -0.2) is 4.98 Å². The predicted molar refractivity (Wildman–Crippen MR) is 83.0 cm³/mol. The van der Waals surface area contributed by atoms with Gasteiger partial charge in [-0.1, -0.05) is 13.8 Å². The summed E-state index contributed by atoms with van der Waals surface area (Å²) < 4.78 is 0. The number of aromatic nitrogens is 1. The maximum Gasteiger partial charge on any atom is 0.226 e. The van der Waals surface area contributed by atoms with Crippen LogP contribution in [0.2, 0.25) is 0 Å². The lowest BCUT2D eigenvalue weighted by Gasteiger charge is -2.19. The molecule has 0 aliphatic heterocycles. The molecule has 2 aromatic heterocycles. The fraction of sp³-hybridized carbons (Fsp3) is 0.429. The quantitative estimate of drug-likeness (QED) is 0.862. The highest BCUT2D eigenvalue weighted by atomic mass is 32.1. The van der Waals surface area contributed by atoms with E-state index in [0.717, 1.165) is 16.3 Å². The number of hydrogen-bond acceptors (Lipinski definition) is 5. The van der Waals surface area contributed by atoms with Crippen LogP contribution in [-0.4, -0.2) is 28.6 Å². The van der Waals surface area contributed by atoms with Crippen LogP contribution in [0.25, 0.3) is 10.6 Å². The number of nitrogens with one attached hydrogen (secondary N) is 1. The van der Waals surface area contributed by atoms with E-state index in [2.05, 4.69) is 10.3 Å². The van der Waals surface area contributed by atoms with Gasteiger partial charge in [0.15, 0.2) is 0 Å². The Balaban J connectivity index is 1.95. The highest BCUT2D eigenvalue weighted by molar-refractivity contribution is 7.14. The molecule has 4 nitrogen and oxygen atoms in total. The summed E-state index contributed by atoms with van der Waals surface area (Å²) in [6.45, 7) is 3.90. The zero-order valence-electron chi connectivity index (χ0n) is 11.5. The van der Waals surface area contributed by atoms with Crippen LogP contribution in [0.4, 0.5) is 0 Å². The third-order valence-corrected chi connectivity index (χ3v) is 4.63. The number of carbonyl (C=O) groups excluding carboxylic acids is 1. The van der Waals surface area contributed by atoms with Crippen molar-refractivity contribution in [2.45, 2.75) is 26.3 Å². The van der Waals surface area contributed by atoms with Crippen LogP contribution in [0.3, 0.4) is 0 Å². The summed E-state index contributed by atoms with van der Waals surface area (Å²) in [7, 11) is 0. The normalized spacial score (nSPS) is 12.6. The van der Waals surface area contributed by atoms with E-state index in [0.29, 0.717) is 0 Å². The average molecular weight is 310 g/mol. The predicted octanol–water partition coefficient (Wildman–Crippen LogP) is 2.55. The highest BCUT2D eigenvalue weighted by Gasteiger charge is 2.16. The third-order valence-electron chi connectivity index (χ3n) is 3.01. The molecule has 0 aliphatic rings. The molecule has 108 valence electrons. The Bertz CT molecular complexity index is 549. The minimum absolute atomic E-state index is 0.0410. The molecule has 0 saturated heterocycles. The molecule has 1 atom stereocenters. The van der Waals surface area contributed by atoms with Crippen LogP contribution < -0.4 is 5.32 Å². The number of thiophene rings is 1. The second kappa shape index (κ2) is 6.97. The first kappa shape index (κ1) is 15.2. The van der Waals surface area contributed by atoms with Crippen LogP contribution in [0.15, 0.2) is 22.2 Å². The van der Waals surface area contributed by atoms with Crippen molar-refractivity contribution < 1.29 is 9.90 Å². The van der Waals surface area contributed by atoms with Crippen LogP contribution in [0.5, 0.6) is 0 Å². The molecule has 0 aliphatic carbocycles. The van der Waals surface area contributed by atoms with Gasteiger partial charge in [-0.3, -0.25) is 4.79 Å². The van der Waals surface area contributed by atoms with Crippen molar-refractivity contribution in [1.82, 2.24) is 10.3 Å². The number of aliphatic hydroxyl groups excluding tert-OH is 1.